The van der Waals surface area contributed by atoms with E-state index in [2.05, 4.69) is 20.3 Å². The number of quaternary nitrogens is 1. The molecule has 132 valence electrons. The molecule has 0 aromatic carbocycles. The van der Waals surface area contributed by atoms with Crippen molar-refractivity contribution in [2.24, 2.45) is 10.9 Å². The van der Waals surface area contributed by atoms with Crippen molar-refractivity contribution in [2.45, 2.75) is 25.4 Å². The molecule has 0 aliphatic carbocycles. The maximum Gasteiger partial charge on any atom is 0.305 e. The van der Waals surface area contributed by atoms with Crippen molar-refractivity contribution in [1.29, 1.82) is 0 Å². The Hall–Kier alpha value is -2.19. The van der Waals surface area contributed by atoms with Crippen LogP contribution in [0.5, 0.6) is 0 Å². The van der Waals surface area contributed by atoms with Crippen molar-refractivity contribution in [1.82, 2.24) is 9.97 Å². The number of nitrogens with zero attached hydrogens (tertiary/aromatic N) is 4. The summed E-state index contributed by atoms with van der Waals surface area (Å²) in [5.74, 6) is 0.527. The van der Waals surface area contributed by atoms with Gasteiger partial charge in [0.2, 0.25) is 5.71 Å². The van der Waals surface area contributed by atoms with E-state index in [-0.39, 0.29) is 5.60 Å². The second-order valence-electron chi connectivity index (χ2n) is 7.33. The Labute approximate surface area is 145 Å². The molecule has 3 fully saturated rings. The number of aryl methyl sites for hydroxylation is 1. The smallest absolute Gasteiger partial charge is 0.305 e. The molecule has 1 N–H and O–H groups in total. The zero-order valence-corrected chi connectivity index (χ0v) is 14.5. The Morgan fingerprint density at radius 1 is 1.28 bits per heavy atom. The largest absolute Gasteiger partial charge is 0.450 e. The van der Waals surface area contributed by atoms with Gasteiger partial charge in [0, 0.05) is 24.5 Å². The molecule has 0 radical (unpaired) electrons. The summed E-state index contributed by atoms with van der Waals surface area (Å²) in [5, 5.41) is 3.07. The number of aromatic nitrogens is 2. The van der Waals surface area contributed by atoms with E-state index >= 15 is 0 Å². The fourth-order valence-electron chi connectivity index (χ4n) is 4.46. The third-order valence-corrected chi connectivity index (χ3v) is 5.86. The van der Waals surface area contributed by atoms with E-state index in [1.807, 2.05) is 19.1 Å². The highest BCUT2D eigenvalue weighted by Gasteiger charge is 2.60. The van der Waals surface area contributed by atoms with E-state index in [1.54, 1.807) is 7.11 Å². The van der Waals surface area contributed by atoms with Gasteiger partial charge >= 0.3 is 6.01 Å². The van der Waals surface area contributed by atoms with E-state index < -0.39 is 0 Å². The number of anilines is 1. The first kappa shape index (κ1) is 15.1. The summed E-state index contributed by atoms with van der Waals surface area (Å²) >= 11 is 0. The van der Waals surface area contributed by atoms with Gasteiger partial charge in [0.25, 0.3) is 6.02 Å². The summed E-state index contributed by atoms with van der Waals surface area (Å²) < 4.78 is 12.6. The Bertz CT molecular complexity index is 855. The van der Waals surface area contributed by atoms with Crippen LogP contribution in [0, 0.1) is 12.8 Å². The van der Waals surface area contributed by atoms with Gasteiger partial charge in [-0.3, -0.25) is 5.32 Å². The Kier molecular flexibility index (Phi) is 3.11. The molecule has 2 aromatic heterocycles. The van der Waals surface area contributed by atoms with E-state index in [0.29, 0.717) is 40.4 Å². The SMILES string of the molecule is CO[N+]12CCC(CC1)C1(CN=C(Nc3nc4ccc(C)nc4o3)O1)C2. The minimum atomic E-state index is -0.268. The quantitative estimate of drug-likeness (QED) is 0.838. The average Bonchev–Trinajstić information content (AvgIpc) is 3.19. The summed E-state index contributed by atoms with van der Waals surface area (Å²) in [7, 11) is 1.79. The molecule has 1 unspecified atom stereocenters. The van der Waals surface area contributed by atoms with Crippen molar-refractivity contribution >= 4 is 23.3 Å². The van der Waals surface area contributed by atoms with Crippen LogP contribution in [0.4, 0.5) is 6.01 Å². The number of hydrogen-bond donors (Lipinski definition) is 1. The van der Waals surface area contributed by atoms with Crippen molar-refractivity contribution < 1.29 is 18.6 Å². The number of hydrogen-bond acceptors (Lipinski definition) is 7. The van der Waals surface area contributed by atoms with Gasteiger partial charge < -0.3 is 9.15 Å². The summed E-state index contributed by atoms with van der Waals surface area (Å²) in [6.07, 6.45) is 2.23. The van der Waals surface area contributed by atoms with Crippen molar-refractivity contribution in [3.63, 3.8) is 0 Å². The molecule has 4 aliphatic rings. The van der Waals surface area contributed by atoms with Crippen molar-refractivity contribution in [2.75, 3.05) is 38.6 Å². The summed E-state index contributed by atoms with van der Waals surface area (Å²) in [6.45, 7) is 5.54. The maximum absolute atomic E-state index is 6.30. The summed E-state index contributed by atoms with van der Waals surface area (Å²) in [5.41, 5.74) is 1.86. The molecule has 6 rings (SSSR count). The van der Waals surface area contributed by atoms with Gasteiger partial charge in [-0.1, -0.05) is 0 Å². The Morgan fingerprint density at radius 2 is 2.12 bits per heavy atom. The molecule has 8 nitrogen and oxygen atoms in total. The van der Waals surface area contributed by atoms with Crippen LogP contribution in [-0.4, -0.2) is 59.5 Å². The minimum absolute atomic E-state index is 0.268. The molecular formula is C17H22N5O3+. The molecule has 1 atom stereocenters. The van der Waals surface area contributed by atoms with Gasteiger partial charge in [0.05, 0.1) is 13.7 Å². The van der Waals surface area contributed by atoms with Gasteiger partial charge in [-0.05, 0) is 19.1 Å². The number of hydroxylamine groups is 3. The summed E-state index contributed by atoms with van der Waals surface area (Å²) in [4.78, 5) is 19.1. The lowest BCUT2D eigenvalue weighted by atomic mass is 9.75. The number of rotatable bonds is 2. The Morgan fingerprint density at radius 3 is 2.92 bits per heavy atom. The first-order valence-corrected chi connectivity index (χ1v) is 8.76. The van der Waals surface area contributed by atoms with E-state index in [0.717, 1.165) is 38.2 Å². The molecule has 25 heavy (non-hydrogen) atoms. The average molecular weight is 344 g/mol. The number of pyridine rings is 1. The third-order valence-electron chi connectivity index (χ3n) is 5.86. The molecule has 4 aliphatic heterocycles. The number of nitrogens with one attached hydrogen (secondary N) is 1. The van der Waals surface area contributed by atoms with Gasteiger partial charge in [0.15, 0.2) is 12.1 Å². The molecule has 0 saturated carbocycles. The number of amidine groups is 1. The summed E-state index contributed by atoms with van der Waals surface area (Å²) in [6, 6.07) is 4.64. The number of fused-ring (bicyclic) bond motifs is 3. The normalized spacial score (nSPS) is 33.7. The van der Waals surface area contributed by atoms with Crippen LogP contribution in [-0.2, 0) is 9.57 Å². The fourth-order valence-corrected chi connectivity index (χ4v) is 4.46. The number of ether oxygens (including phenoxy) is 1. The molecule has 3 saturated heterocycles. The Balaban J connectivity index is 1.35. The fraction of sp³-hybridized carbons (Fsp3) is 0.588. The topological polar surface area (TPSA) is 81.8 Å². The van der Waals surface area contributed by atoms with Gasteiger partial charge in [-0.25, -0.2) is 14.8 Å². The molecule has 2 aromatic rings. The van der Waals surface area contributed by atoms with Gasteiger partial charge in [-0.2, -0.15) is 9.63 Å². The highest BCUT2D eigenvalue weighted by molar-refractivity contribution is 5.89. The lowest BCUT2D eigenvalue weighted by Gasteiger charge is -2.53. The number of piperidine rings is 3. The lowest BCUT2D eigenvalue weighted by Crippen LogP contribution is -2.69. The second-order valence-corrected chi connectivity index (χ2v) is 7.33. The van der Waals surface area contributed by atoms with Crippen LogP contribution >= 0.6 is 0 Å². The highest BCUT2D eigenvalue weighted by Crippen LogP contribution is 2.44. The lowest BCUT2D eigenvalue weighted by molar-refractivity contribution is -1.12. The molecule has 8 heteroatoms. The molecular weight excluding hydrogens is 322 g/mol. The van der Waals surface area contributed by atoms with E-state index in [9.17, 15) is 0 Å². The van der Waals surface area contributed by atoms with Crippen LogP contribution in [0.15, 0.2) is 21.5 Å². The van der Waals surface area contributed by atoms with Gasteiger partial charge in [-0.15, -0.1) is 0 Å². The second kappa shape index (κ2) is 5.15. The third kappa shape index (κ3) is 2.31. The van der Waals surface area contributed by atoms with E-state index in [1.165, 1.54) is 0 Å². The van der Waals surface area contributed by atoms with Crippen LogP contribution in [0.1, 0.15) is 18.5 Å². The molecule has 1 spiro atoms. The highest BCUT2D eigenvalue weighted by atomic mass is 16.7. The van der Waals surface area contributed by atoms with Crippen LogP contribution in [0.25, 0.3) is 11.2 Å². The van der Waals surface area contributed by atoms with E-state index in [4.69, 9.17) is 14.0 Å². The standard InChI is InChI=1S/C17H22N5O3/c1-11-3-4-13-14(19-11)24-16(20-13)21-15-18-9-17(25-15)10-22(23-2)7-5-12(17)6-8-22/h3-4,12H,5-10H2,1-2H3,(H,18,20,21)/q+1. The molecule has 2 bridgehead atoms. The monoisotopic (exact) mass is 344 g/mol. The zero-order valence-electron chi connectivity index (χ0n) is 14.5. The van der Waals surface area contributed by atoms with Crippen LogP contribution < -0.4 is 5.32 Å². The predicted molar refractivity (Wildman–Crippen MR) is 90.9 cm³/mol. The van der Waals surface area contributed by atoms with Crippen LogP contribution in [0.3, 0.4) is 0 Å². The number of aliphatic imine (C=N–C) groups is 1. The van der Waals surface area contributed by atoms with Gasteiger partial charge in [0.1, 0.15) is 18.6 Å². The number of oxazole rings is 1. The minimum Gasteiger partial charge on any atom is -0.450 e. The first-order chi connectivity index (χ1) is 12.1. The molecule has 0 amide bonds. The molecule has 6 heterocycles. The van der Waals surface area contributed by atoms with Crippen molar-refractivity contribution in [3.05, 3.63) is 17.8 Å². The van der Waals surface area contributed by atoms with Crippen molar-refractivity contribution in [3.8, 4) is 0 Å². The van der Waals surface area contributed by atoms with Crippen LogP contribution in [0.2, 0.25) is 0 Å². The maximum atomic E-state index is 6.30. The zero-order chi connectivity index (χ0) is 17.1. The first-order valence-electron chi connectivity index (χ1n) is 8.76. The predicted octanol–water partition coefficient (Wildman–Crippen LogP) is 1.87.